The third kappa shape index (κ3) is 3.71. The minimum atomic E-state index is -1.04. The first-order chi connectivity index (χ1) is 13.3. The highest BCUT2D eigenvalue weighted by atomic mass is 32.2. The van der Waals surface area contributed by atoms with Crippen LogP contribution in [-0.2, 0) is 14.3 Å². The molecule has 1 aromatic carbocycles. The number of methoxy groups -OCH3 is 1. The number of amides is 3. The molecule has 0 radical (unpaired) electrons. The van der Waals surface area contributed by atoms with Gasteiger partial charge in [-0.15, -0.1) is 0 Å². The van der Waals surface area contributed by atoms with Crippen molar-refractivity contribution in [3.8, 4) is 0 Å². The molecule has 0 bridgehead atoms. The van der Waals surface area contributed by atoms with Crippen LogP contribution in [0.1, 0.15) is 34.6 Å². The maximum atomic E-state index is 12.9. The molecule has 3 amide bonds. The number of hydrogen-bond acceptors (Lipinski definition) is 7. The van der Waals surface area contributed by atoms with Gasteiger partial charge in [0, 0.05) is 11.5 Å². The molecule has 150 valence electrons. The van der Waals surface area contributed by atoms with Crippen LogP contribution in [0.25, 0.3) is 0 Å². The van der Waals surface area contributed by atoms with Crippen molar-refractivity contribution in [2.45, 2.75) is 32.0 Å². The van der Waals surface area contributed by atoms with E-state index in [1.807, 2.05) is 0 Å². The normalized spacial score (nSPS) is 22.2. The zero-order chi connectivity index (χ0) is 20.4. The zero-order valence-electron chi connectivity index (χ0n) is 15.8. The number of fused-ring (bicyclic) bond motifs is 1. The summed E-state index contributed by atoms with van der Waals surface area (Å²) in [5, 5.41) is 2.65. The van der Waals surface area contributed by atoms with E-state index in [2.05, 4.69) is 10.1 Å². The van der Waals surface area contributed by atoms with Crippen LogP contribution in [0.5, 0.6) is 0 Å². The van der Waals surface area contributed by atoms with Crippen LogP contribution < -0.4 is 5.32 Å². The Bertz CT molecular complexity index is 776. The SMILES string of the molecule is COC(=O)N[C@H]1CSC[C@H]1OC(=O)[C@H](C(C)C)N1C(=O)c2ccccc2C1=O. The molecule has 2 aliphatic heterocycles. The minimum Gasteiger partial charge on any atom is -0.458 e. The highest BCUT2D eigenvalue weighted by molar-refractivity contribution is 7.99. The highest BCUT2D eigenvalue weighted by Crippen LogP contribution is 2.29. The fraction of sp³-hybridized carbons (Fsp3) is 0.474. The van der Waals surface area contributed by atoms with Crippen LogP contribution in [0.3, 0.4) is 0 Å². The Labute approximate surface area is 166 Å². The number of rotatable bonds is 5. The molecule has 28 heavy (non-hydrogen) atoms. The Kier molecular flexibility index (Phi) is 5.93. The molecule has 2 heterocycles. The summed E-state index contributed by atoms with van der Waals surface area (Å²) in [5.41, 5.74) is 0.570. The summed E-state index contributed by atoms with van der Waals surface area (Å²) < 4.78 is 10.2. The van der Waals surface area contributed by atoms with Crippen LogP contribution >= 0.6 is 11.8 Å². The predicted molar refractivity (Wildman–Crippen MR) is 102 cm³/mol. The van der Waals surface area contributed by atoms with Gasteiger partial charge in [0.25, 0.3) is 11.8 Å². The summed E-state index contributed by atoms with van der Waals surface area (Å²) in [7, 11) is 1.26. The first-order valence-corrected chi connectivity index (χ1v) is 10.1. The summed E-state index contributed by atoms with van der Waals surface area (Å²) in [4.78, 5) is 50.9. The number of thioether (sulfide) groups is 1. The quantitative estimate of drug-likeness (QED) is 0.586. The van der Waals surface area contributed by atoms with Crippen LogP contribution in [-0.4, -0.2) is 65.6 Å². The Morgan fingerprint density at radius 2 is 1.75 bits per heavy atom. The lowest BCUT2D eigenvalue weighted by Gasteiger charge is -2.29. The van der Waals surface area contributed by atoms with Gasteiger partial charge >= 0.3 is 12.1 Å². The first-order valence-electron chi connectivity index (χ1n) is 8.94. The number of carbonyl (C=O) groups is 4. The van der Waals surface area contributed by atoms with E-state index in [-0.39, 0.29) is 17.0 Å². The molecule has 0 unspecified atom stereocenters. The van der Waals surface area contributed by atoms with E-state index in [0.717, 1.165) is 4.90 Å². The summed E-state index contributed by atoms with van der Waals surface area (Å²) in [6.45, 7) is 3.51. The number of ether oxygens (including phenoxy) is 2. The molecule has 1 fully saturated rings. The Balaban J connectivity index is 1.78. The van der Waals surface area contributed by atoms with Gasteiger partial charge in [0.2, 0.25) is 0 Å². The van der Waals surface area contributed by atoms with Gasteiger partial charge in [0.1, 0.15) is 12.1 Å². The minimum absolute atomic E-state index is 0.285. The van der Waals surface area contributed by atoms with Gasteiger partial charge in [-0.25, -0.2) is 9.59 Å². The van der Waals surface area contributed by atoms with E-state index in [4.69, 9.17) is 4.74 Å². The largest absolute Gasteiger partial charge is 0.458 e. The van der Waals surface area contributed by atoms with E-state index in [1.165, 1.54) is 18.9 Å². The lowest BCUT2D eigenvalue weighted by atomic mass is 10.0. The molecule has 0 saturated carbocycles. The van der Waals surface area contributed by atoms with Gasteiger partial charge < -0.3 is 14.8 Å². The maximum absolute atomic E-state index is 12.9. The monoisotopic (exact) mass is 406 g/mol. The van der Waals surface area contributed by atoms with Crippen molar-refractivity contribution in [1.29, 1.82) is 0 Å². The number of nitrogens with zero attached hydrogens (tertiary/aromatic N) is 1. The number of imide groups is 1. The van der Waals surface area contributed by atoms with Crippen LogP contribution in [0.2, 0.25) is 0 Å². The van der Waals surface area contributed by atoms with E-state index >= 15 is 0 Å². The van der Waals surface area contributed by atoms with Crippen molar-refractivity contribution >= 4 is 35.6 Å². The third-order valence-electron chi connectivity index (χ3n) is 4.76. The van der Waals surface area contributed by atoms with Crippen LogP contribution in [0.4, 0.5) is 4.79 Å². The summed E-state index contributed by atoms with van der Waals surface area (Å²) in [6, 6.07) is 5.06. The van der Waals surface area contributed by atoms with Gasteiger partial charge in [-0.2, -0.15) is 11.8 Å². The van der Waals surface area contributed by atoms with Crippen LogP contribution in [0.15, 0.2) is 24.3 Å². The summed E-state index contributed by atoms with van der Waals surface area (Å²) in [6.07, 6.45) is -1.16. The van der Waals surface area contributed by atoms with E-state index in [1.54, 1.807) is 38.1 Å². The second-order valence-electron chi connectivity index (χ2n) is 6.97. The maximum Gasteiger partial charge on any atom is 0.407 e. The van der Waals surface area contributed by atoms with Crippen molar-refractivity contribution in [3.63, 3.8) is 0 Å². The first kappa shape index (κ1) is 20.2. The van der Waals surface area contributed by atoms with Crippen LogP contribution in [0, 0.1) is 5.92 Å². The molecular weight excluding hydrogens is 384 g/mol. The van der Waals surface area contributed by atoms with E-state index < -0.39 is 42.1 Å². The Morgan fingerprint density at radius 3 is 2.29 bits per heavy atom. The summed E-state index contributed by atoms with van der Waals surface area (Å²) >= 11 is 1.53. The van der Waals surface area contributed by atoms with Gasteiger partial charge in [-0.3, -0.25) is 14.5 Å². The molecule has 1 aromatic rings. The van der Waals surface area contributed by atoms with Gasteiger partial charge in [0.05, 0.1) is 24.3 Å². The van der Waals surface area contributed by atoms with E-state index in [9.17, 15) is 19.2 Å². The molecule has 1 N–H and O–H groups in total. The lowest BCUT2D eigenvalue weighted by molar-refractivity contribution is -0.155. The van der Waals surface area contributed by atoms with Gasteiger partial charge in [-0.05, 0) is 18.1 Å². The Hall–Kier alpha value is -2.55. The number of benzene rings is 1. The van der Waals surface area contributed by atoms with Crippen molar-refractivity contribution in [2.75, 3.05) is 18.6 Å². The predicted octanol–water partition coefficient (Wildman–Crippen LogP) is 1.69. The molecule has 9 heteroatoms. The fourth-order valence-electron chi connectivity index (χ4n) is 3.35. The number of nitrogens with one attached hydrogen (secondary N) is 1. The smallest absolute Gasteiger partial charge is 0.407 e. The molecule has 1 saturated heterocycles. The molecular formula is C19H22N2O6S. The van der Waals surface area contributed by atoms with Crippen molar-refractivity contribution in [1.82, 2.24) is 10.2 Å². The average molecular weight is 406 g/mol. The fourth-order valence-corrected chi connectivity index (χ4v) is 4.57. The third-order valence-corrected chi connectivity index (χ3v) is 5.92. The second-order valence-corrected chi connectivity index (χ2v) is 8.04. The molecule has 0 aliphatic carbocycles. The van der Waals surface area contributed by atoms with Gasteiger partial charge in [0.15, 0.2) is 0 Å². The molecule has 3 atom stereocenters. The molecule has 0 aromatic heterocycles. The van der Waals surface area contributed by atoms with Crippen molar-refractivity contribution < 1.29 is 28.7 Å². The number of hydrogen-bond donors (Lipinski definition) is 1. The van der Waals surface area contributed by atoms with Crippen molar-refractivity contribution in [2.24, 2.45) is 5.92 Å². The standard InChI is InChI=1S/C19H22N2O6S/c1-10(2)15(21-16(22)11-6-4-5-7-12(11)17(21)23)18(24)27-14-9-28-8-13(14)20-19(25)26-3/h4-7,10,13-15H,8-9H2,1-3H3,(H,20,25)/t13-,14+,15-/m0/s1. The van der Waals surface area contributed by atoms with Gasteiger partial charge in [-0.1, -0.05) is 26.0 Å². The number of esters is 1. The highest BCUT2D eigenvalue weighted by Gasteiger charge is 2.46. The van der Waals surface area contributed by atoms with Crippen molar-refractivity contribution in [3.05, 3.63) is 35.4 Å². The van der Waals surface area contributed by atoms with E-state index in [0.29, 0.717) is 11.5 Å². The second kappa shape index (κ2) is 8.22. The average Bonchev–Trinajstić information content (AvgIpc) is 3.19. The summed E-state index contributed by atoms with van der Waals surface area (Å²) in [5.74, 6) is -0.910. The lowest BCUT2D eigenvalue weighted by Crippen LogP contribution is -2.51. The molecule has 2 aliphatic rings. The number of alkyl carbamates (subject to hydrolysis) is 1. The molecule has 0 spiro atoms. The topological polar surface area (TPSA) is 102 Å². The number of carbonyl (C=O) groups excluding carboxylic acids is 4. The Morgan fingerprint density at radius 1 is 1.14 bits per heavy atom. The molecule has 8 nitrogen and oxygen atoms in total. The molecule has 3 rings (SSSR count). The zero-order valence-corrected chi connectivity index (χ0v) is 16.7.